The Balaban J connectivity index is 1.89. The number of benzene rings is 1. The number of nitrogens with zero attached hydrogens (tertiary/aromatic N) is 1. The van der Waals surface area contributed by atoms with Gasteiger partial charge in [0.15, 0.2) is 5.76 Å². The molecule has 3 aromatic rings. The molecule has 120 valence electrons. The Labute approximate surface area is 139 Å². The minimum atomic E-state index is -3.62. The van der Waals surface area contributed by atoms with E-state index in [-0.39, 0.29) is 4.21 Å². The lowest BCUT2D eigenvalue weighted by atomic mass is 10.1. The fraction of sp³-hybridized carbons (Fsp3) is 0.188. The van der Waals surface area contributed by atoms with Gasteiger partial charge in [0.2, 0.25) is 0 Å². The van der Waals surface area contributed by atoms with E-state index >= 15 is 0 Å². The Morgan fingerprint density at radius 1 is 1.09 bits per heavy atom. The molecule has 0 spiro atoms. The van der Waals surface area contributed by atoms with Crippen molar-refractivity contribution in [1.29, 1.82) is 0 Å². The quantitative estimate of drug-likeness (QED) is 0.769. The first-order valence-corrected chi connectivity index (χ1v) is 9.29. The number of hydrogen-bond donors (Lipinski definition) is 1. The summed E-state index contributed by atoms with van der Waals surface area (Å²) in [6.45, 7) is 5.66. The van der Waals surface area contributed by atoms with Gasteiger partial charge in [-0.25, -0.2) is 8.42 Å². The third-order valence-corrected chi connectivity index (χ3v) is 6.30. The minimum Gasteiger partial charge on any atom is -0.355 e. The maximum absolute atomic E-state index is 12.5. The van der Waals surface area contributed by atoms with Gasteiger partial charge < -0.3 is 4.52 Å². The molecular formula is C16H16N2O3S2. The molecule has 2 aromatic heterocycles. The zero-order valence-corrected chi connectivity index (χ0v) is 14.6. The van der Waals surface area contributed by atoms with Crippen molar-refractivity contribution < 1.29 is 12.9 Å². The predicted octanol–water partition coefficient (Wildman–Crippen LogP) is 4.13. The number of anilines is 1. The first-order chi connectivity index (χ1) is 10.8. The van der Waals surface area contributed by atoms with Crippen LogP contribution >= 0.6 is 11.3 Å². The summed E-state index contributed by atoms with van der Waals surface area (Å²) in [5, 5.41) is 3.82. The number of rotatable bonds is 4. The minimum absolute atomic E-state index is 0.238. The summed E-state index contributed by atoms with van der Waals surface area (Å²) in [7, 11) is -3.62. The van der Waals surface area contributed by atoms with Gasteiger partial charge in [-0.1, -0.05) is 22.9 Å². The lowest BCUT2D eigenvalue weighted by Gasteiger charge is -2.09. The van der Waals surface area contributed by atoms with Crippen molar-refractivity contribution >= 4 is 27.0 Å². The predicted molar refractivity (Wildman–Crippen MR) is 91.3 cm³/mol. The average Bonchev–Trinajstić information content (AvgIpc) is 3.10. The van der Waals surface area contributed by atoms with Crippen LogP contribution in [-0.2, 0) is 10.0 Å². The van der Waals surface area contributed by atoms with Crippen LogP contribution in [0.3, 0.4) is 0 Å². The van der Waals surface area contributed by atoms with Gasteiger partial charge in [-0.2, -0.15) is 0 Å². The van der Waals surface area contributed by atoms with Crippen LogP contribution in [0.5, 0.6) is 0 Å². The van der Waals surface area contributed by atoms with E-state index in [2.05, 4.69) is 9.88 Å². The number of nitrogens with one attached hydrogen (secondary N) is 1. The average molecular weight is 348 g/mol. The first kappa shape index (κ1) is 15.8. The molecule has 0 unspecified atom stereocenters. The first-order valence-electron chi connectivity index (χ1n) is 6.99. The van der Waals surface area contributed by atoms with E-state index < -0.39 is 10.0 Å². The maximum Gasteiger partial charge on any atom is 0.271 e. The number of sulfonamides is 1. The van der Waals surface area contributed by atoms with Gasteiger partial charge in [-0.15, -0.1) is 11.3 Å². The normalized spacial score (nSPS) is 11.6. The molecular weight excluding hydrogens is 332 g/mol. The van der Waals surface area contributed by atoms with Crippen molar-refractivity contribution in [3.63, 3.8) is 0 Å². The SMILES string of the molecule is Cc1ccc(NS(=O)(=O)c2ccc(-c3cc(C)no3)s2)c(C)c1. The van der Waals surface area contributed by atoms with Gasteiger partial charge in [-0.3, -0.25) is 4.72 Å². The molecule has 23 heavy (non-hydrogen) atoms. The highest BCUT2D eigenvalue weighted by molar-refractivity contribution is 7.94. The summed E-state index contributed by atoms with van der Waals surface area (Å²) in [5.41, 5.74) is 3.31. The fourth-order valence-electron chi connectivity index (χ4n) is 2.20. The van der Waals surface area contributed by atoms with Crippen LogP contribution in [0.1, 0.15) is 16.8 Å². The van der Waals surface area contributed by atoms with E-state index in [0.717, 1.165) is 33.0 Å². The second kappa shape index (κ2) is 5.82. The molecule has 0 saturated carbocycles. The van der Waals surface area contributed by atoms with Crippen molar-refractivity contribution in [2.45, 2.75) is 25.0 Å². The third kappa shape index (κ3) is 3.30. The van der Waals surface area contributed by atoms with Crippen LogP contribution < -0.4 is 4.72 Å². The van der Waals surface area contributed by atoms with Crippen LogP contribution in [0.4, 0.5) is 5.69 Å². The highest BCUT2D eigenvalue weighted by Crippen LogP contribution is 2.32. The standard InChI is InChI=1S/C16H16N2O3S2/c1-10-4-5-13(11(2)8-10)18-23(19,20)16-7-6-15(22-16)14-9-12(3)17-21-14/h4-9,18H,1-3H3. The summed E-state index contributed by atoms with van der Waals surface area (Å²) in [5.74, 6) is 0.570. The Morgan fingerprint density at radius 3 is 2.52 bits per heavy atom. The fourth-order valence-corrected chi connectivity index (χ4v) is 4.59. The zero-order valence-electron chi connectivity index (χ0n) is 13.0. The maximum atomic E-state index is 12.5. The molecule has 0 aliphatic carbocycles. The van der Waals surface area contributed by atoms with Gasteiger partial charge in [0.25, 0.3) is 10.0 Å². The van der Waals surface area contributed by atoms with Crippen molar-refractivity contribution in [1.82, 2.24) is 5.16 Å². The number of aryl methyl sites for hydroxylation is 3. The Kier molecular flexibility index (Phi) is 3.99. The van der Waals surface area contributed by atoms with Crippen molar-refractivity contribution in [2.75, 3.05) is 4.72 Å². The molecule has 2 heterocycles. The molecule has 3 rings (SSSR count). The van der Waals surface area contributed by atoms with E-state index in [1.54, 1.807) is 24.3 Å². The summed E-state index contributed by atoms with van der Waals surface area (Å²) in [6, 6.07) is 10.7. The zero-order chi connectivity index (χ0) is 16.6. The summed E-state index contributed by atoms with van der Waals surface area (Å²) in [4.78, 5) is 0.728. The van der Waals surface area contributed by atoms with Crippen LogP contribution in [0.25, 0.3) is 10.6 Å². The van der Waals surface area contributed by atoms with Crippen molar-refractivity contribution in [2.24, 2.45) is 0 Å². The largest absolute Gasteiger partial charge is 0.355 e. The van der Waals surface area contributed by atoms with Gasteiger partial charge in [0.05, 0.1) is 16.3 Å². The van der Waals surface area contributed by atoms with Gasteiger partial charge in [0.1, 0.15) is 4.21 Å². The van der Waals surface area contributed by atoms with E-state index in [1.165, 1.54) is 0 Å². The molecule has 5 nitrogen and oxygen atoms in total. The Morgan fingerprint density at radius 2 is 1.87 bits per heavy atom. The van der Waals surface area contributed by atoms with E-state index in [0.29, 0.717) is 11.4 Å². The topological polar surface area (TPSA) is 72.2 Å². The number of hydrogen-bond acceptors (Lipinski definition) is 5. The van der Waals surface area contributed by atoms with Crippen molar-refractivity contribution in [3.05, 3.63) is 53.2 Å². The molecule has 1 N–H and O–H groups in total. The number of aromatic nitrogens is 1. The number of thiophene rings is 1. The van der Waals surface area contributed by atoms with Crippen molar-refractivity contribution in [3.8, 4) is 10.6 Å². The molecule has 0 atom stereocenters. The highest BCUT2D eigenvalue weighted by Gasteiger charge is 2.19. The summed E-state index contributed by atoms with van der Waals surface area (Å²) >= 11 is 1.15. The van der Waals surface area contributed by atoms with Crippen LogP contribution in [0.15, 0.2) is 45.1 Å². The smallest absolute Gasteiger partial charge is 0.271 e. The van der Waals surface area contributed by atoms with E-state index in [9.17, 15) is 8.42 Å². The Hall–Kier alpha value is -2.12. The van der Waals surface area contributed by atoms with Crippen LogP contribution in [0, 0.1) is 20.8 Å². The van der Waals surface area contributed by atoms with Crippen LogP contribution in [0.2, 0.25) is 0 Å². The molecule has 0 amide bonds. The third-order valence-electron chi connectivity index (χ3n) is 3.34. The Bertz CT molecular complexity index is 955. The molecule has 0 bridgehead atoms. The highest BCUT2D eigenvalue weighted by atomic mass is 32.2. The summed E-state index contributed by atoms with van der Waals surface area (Å²) in [6.07, 6.45) is 0. The molecule has 0 radical (unpaired) electrons. The molecule has 0 aliphatic rings. The molecule has 0 fully saturated rings. The second-order valence-corrected chi connectivity index (χ2v) is 8.37. The molecule has 0 aliphatic heterocycles. The monoisotopic (exact) mass is 348 g/mol. The van der Waals surface area contributed by atoms with E-state index in [4.69, 9.17) is 4.52 Å². The lowest BCUT2D eigenvalue weighted by Crippen LogP contribution is -2.12. The van der Waals surface area contributed by atoms with Gasteiger partial charge >= 0.3 is 0 Å². The van der Waals surface area contributed by atoms with Crippen LogP contribution in [-0.4, -0.2) is 13.6 Å². The molecule has 7 heteroatoms. The molecule has 0 saturated heterocycles. The lowest BCUT2D eigenvalue weighted by molar-refractivity contribution is 0.428. The summed E-state index contributed by atoms with van der Waals surface area (Å²) < 4.78 is 33.1. The van der Waals surface area contributed by atoms with E-state index in [1.807, 2.05) is 32.9 Å². The second-order valence-electron chi connectivity index (χ2n) is 5.38. The van der Waals surface area contributed by atoms with Gasteiger partial charge in [-0.05, 0) is 44.5 Å². The van der Waals surface area contributed by atoms with Gasteiger partial charge in [0, 0.05) is 6.07 Å². The molecule has 1 aromatic carbocycles.